The van der Waals surface area contributed by atoms with Crippen LogP contribution in [0.4, 0.5) is 13.2 Å². The van der Waals surface area contributed by atoms with E-state index in [1.54, 1.807) is 0 Å². The second kappa shape index (κ2) is 7.89. The van der Waals surface area contributed by atoms with E-state index in [1.807, 2.05) is 25.7 Å². The molecule has 0 spiro atoms. The molecule has 1 aromatic carbocycles. The standard InChI is InChI=1S/C20H25F3N2O2/c1-18(2,3)27-17(26)13-25-10-8-19(14-24,9-11-25)12-15-4-6-16(7-5-15)20(21,22)23/h4-7H,8-13H2,1-3H3. The highest BCUT2D eigenvalue weighted by atomic mass is 19.4. The molecule has 1 heterocycles. The van der Waals surface area contributed by atoms with E-state index in [-0.39, 0.29) is 12.5 Å². The molecule has 0 unspecified atom stereocenters. The molecule has 4 nitrogen and oxygen atoms in total. The van der Waals surface area contributed by atoms with E-state index in [1.165, 1.54) is 12.1 Å². The van der Waals surface area contributed by atoms with Crippen LogP contribution in [0.5, 0.6) is 0 Å². The van der Waals surface area contributed by atoms with Gasteiger partial charge in [-0.15, -0.1) is 0 Å². The van der Waals surface area contributed by atoms with Crippen LogP contribution in [0, 0.1) is 16.7 Å². The minimum Gasteiger partial charge on any atom is -0.459 e. The van der Waals surface area contributed by atoms with E-state index in [0.717, 1.165) is 12.1 Å². The van der Waals surface area contributed by atoms with Crippen LogP contribution in [0.1, 0.15) is 44.7 Å². The van der Waals surface area contributed by atoms with Gasteiger partial charge in [0.25, 0.3) is 0 Å². The maximum Gasteiger partial charge on any atom is 0.416 e. The summed E-state index contributed by atoms with van der Waals surface area (Å²) in [7, 11) is 0. The molecule has 1 fully saturated rings. The number of halogens is 3. The molecule has 0 amide bonds. The van der Waals surface area contributed by atoms with Crippen LogP contribution in [0.2, 0.25) is 0 Å². The van der Waals surface area contributed by atoms with Crippen LogP contribution in [0.3, 0.4) is 0 Å². The number of carbonyl (C=O) groups is 1. The number of nitriles is 1. The number of ether oxygens (including phenoxy) is 1. The second-order valence-electron chi connectivity index (χ2n) is 8.13. The van der Waals surface area contributed by atoms with Crippen molar-refractivity contribution in [3.05, 3.63) is 35.4 Å². The molecule has 0 aromatic heterocycles. The van der Waals surface area contributed by atoms with Crippen LogP contribution in [-0.2, 0) is 22.1 Å². The number of hydrogen-bond donors (Lipinski definition) is 0. The minimum absolute atomic E-state index is 0.180. The smallest absolute Gasteiger partial charge is 0.416 e. The Balaban J connectivity index is 1.94. The fourth-order valence-corrected chi connectivity index (χ4v) is 3.23. The average molecular weight is 382 g/mol. The third kappa shape index (κ3) is 6.24. The Hall–Kier alpha value is -2.07. The van der Waals surface area contributed by atoms with Gasteiger partial charge in [0.15, 0.2) is 0 Å². The number of esters is 1. The summed E-state index contributed by atoms with van der Waals surface area (Å²) in [5.74, 6) is -0.297. The largest absolute Gasteiger partial charge is 0.459 e. The lowest BCUT2D eigenvalue weighted by Crippen LogP contribution is -2.43. The fourth-order valence-electron chi connectivity index (χ4n) is 3.23. The molecule has 0 bridgehead atoms. The van der Waals surface area contributed by atoms with Gasteiger partial charge in [-0.1, -0.05) is 12.1 Å². The highest BCUT2D eigenvalue weighted by Crippen LogP contribution is 2.35. The van der Waals surface area contributed by atoms with Crippen LogP contribution < -0.4 is 0 Å². The fraction of sp³-hybridized carbons (Fsp3) is 0.600. The summed E-state index contributed by atoms with van der Waals surface area (Å²) in [5, 5.41) is 9.67. The Morgan fingerprint density at radius 1 is 1.19 bits per heavy atom. The average Bonchev–Trinajstić information content (AvgIpc) is 2.55. The third-order valence-corrected chi connectivity index (χ3v) is 4.65. The first-order valence-electron chi connectivity index (χ1n) is 8.94. The van der Waals surface area contributed by atoms with Gasteiger partial charge in [0.05, 0.1) is 23.6 Å². The van der Waals surface area contributed by atoms with E-state index in [0.29, 0.717) is 37.9 Å². The van der Waals surface area contributed by atoms with Crippen molar-refractivity contribution in [3.63, 3.8) is 0 Å². The SMILES string of the molecule is CC(C)(C)OC(=O)CN1CCC(C#N)(Cc2ccc(C(F)(F)F)cc2)CC1. The van der Waals surface area contributed by atoms with Crippen molar-refractivity contribution in [2.24, 2.45) is 5.41 Å². The van der Waals surface area contributed by atoms with Gasteiger partial charge in [-0.3, -0.25) is 9.69 Å². The summed E-state index contributed by atoms with van der Waals surface area (Å²) in [6.07, 6.45) is -2.83. The van der Waals surface area contributed by atoms with Crippen molar-refractivity contribution in [1.29, 1.82) is 5.26 Å². The molecule has 1 aromatic rings. The molecule has 2 rings (SSSR count). The number of alkyl halides is 3. The molecule has 0 N–H and O–H groups in total. The molecular weight excluding hydrogens is 357 g/mol. The van der Waals surface area contributed by atoms with Gasteiger partial charge in [-0.25, -0.2) is 0 Å². The number of nitrogens with zero attached hydrogens (tertiary/aromatic N) is 2. The normalized spacial score (nSPS) is 18.0. The highest BCUT2D eigenvalue weighted by Gasteiger charge is 2.36. The summed E-state index contributed by atoms with van der Waals surface area (Å²) in [6, 6.07) is 7.34. The highest BCUT2D eigenvalue weighted by molar-refractivity contribution is 5.72. The monoisotopic (exact) mass is 382 g/mol. The van der Waals surface area contributed by atoms with Gasteiger partial charge >= 0.3 is 12.1 Å². The van der Waals surface area contributed by atoms with E-state index < -0.39 is 22.8 Å². The van der Waals surface area contributed by atoms with Crippen LogP contribution in [-0.4, -0.2) is 36.1 Å². The van der Waals surface area contributed by atoms with Gasteiger partial charge in [-0.05, 0) is 57.7 Å². The van der Waals surface area contributed by atoms with Crippen molar-refractivity contribution in [2.75, 3.05) is 19.6 Å². The van der Waals surface area contributed by atoms with E-state index in [4.69, 9.17) is 4.74 Å². The Morgan fingerprint density at radius 3 is 2.19 bits per heavy atom. The zero-order valence-electron chi connectivity index (χ0n) is 15.9. The topological polar surface area (TPSA) is 53.3 Å². The molecule has 1 saturated heterocycles. The predicted octanol–water partition coefficient (Wildman–Crippen LogP) is 4.20. The van der Waals surface area contributed by atoms with Crippen LogP contribution >= 0.6 is 0 Å². The van der Waals surface area contributed by atoms with Crippen molar-refractivity contribution in [3.8, 4) is 6.07 Å². The summed E-state index contributed by atoms with van der Waals surface area (Å²) in [4.78, 5) is 13.9. The zero-order chi connectivity index (χ0) is 20.3. The summed E-state index contributed by atoms with van der Waals surface area (Å²) in [5.41, 5.74) is -1.13. The van der Waals surface area contributed by atoms with Crippen LogP contribution in [0.25, 0.3) is 0 Å². The molecule has 0 atom stereocenters. The lowest BCUT2D eigenvalue weighted by Gasteiger charge is -2.37. The Bertz CT molecular complexity index is 692. The van der Waals surface area contributed by atoms with Gasteiger partial charge in [0.2, 0.25) is 0 Å². The van der Waals surface area contributed by atoms with E-state index in [2.05, 4.69) is 6.07 Å². The van der Waals surface area contributed by atoms with E-state index in [9.17, 15) is 23.2 Å². The van der Waals surface area contributed by atoms with Crippen molar-refractivity contribution >= 4 is 5.97 Å². The minimum atomic E-state index is -4.36. The predicted molar refractivity (Wildman–Crippen MR) is 94.7 cm³/mol. The first-order chi connectivity index (χ1) is 12.4. The molecule has 1 aliphatic rings. The number of benzene rings is 1. The lowest BCUT2D eigenvalue weighted by atomic mass is 9.75. The van der Waals surface area contributed by atoms with Gasteiger partial charge in [0, 0.05) is 13.1 Å². The molecule has 27 heavy (non-hydrogen) atoms. The Labute approximate surface area is 157 Å². The third-order valence-electron chi connectivity index (χ3n) is 4.65. The maximum absolute atomic E-state index is 12.7. The van der Waals surface area contributed by atoms with Crippen molar-refractivity contribution in [2.45, 2.75) is 51.8 Å². The van der Waals surface area contributed by atoms with Gasteiger partial charge in [0.1, 0.15) is 5.60 Å². The van der Waals surface area contributed by atoms with Gasteiger partial charge in [-0.2, -0.15) is 18.4 Å². The number of piperidine rings is 1. The number of likely N-dealkylation sites (tertiary alicyclic amines) is 1. The van der Waals surface area contributed by atoms with Crippen molar-refractivity contribution in [1.82, 2.24) is 4.90 Å². The van der Waals surface area contributed by atoms with E-state index >= 15 is 0 Å². The van der Waals surface area contributed by atoms with Gasteiger partial charge < -0.3 is 4.74 Å². The molecule has 1 aliphatic heterocycles. The maximum atomic E-state index is 12.7. The second-order valence-corrected chi connectivity index (χ2v) is 8.13. The number of rotatable bonds is 4. The first-order valence-corrected chi connectivity index (χ1v) is 8.94. The zero-order valence-corrected chi connectivity index (χ0v) is 15.9. The Morgan fingerprint density at radius 2 is 1.74 bits per heavy atom. The van der Waals surface area contributed by atoms with Crippen molar-refractivity contribution < 1.29 is 22.7 Å². The molecular formula is C20H25F3N2O2. The molecule has 0 aliphatic carbocycles. The first kappa shape index (κ1) is 21.2. The quantitative estimate of drug-likeness (QED) is 0.733. The molecule has 0 radical (unpaired) electrons. The lowest BCUT2D eigenvalue weighted by molar-refractivity contribution is -0.156. The van der Waals surface area contributed by atoms with Crippen LogP contribution in [0.15, 0.2) is 24.3 Å². The summed E-state index contributed by atoms with van der Waals surface area (Å²) >= 11 is 0. The molecule has 148 valence electrons. The molecule has 0 saturated carbocycles. The number of hydrogen-bond acceptors (Lipinski definition) is 4. The Kier molecular flexibility index (Phi) is 6.21. The summed E-state index contributed by atoms with van der Waals surface area (Å²) < 4.78 is 43.3. The summed E-state index contributed by atoms with van der Waals surface area (Å²) in [6.45, 7) is 6.77. The molecule has 7 heteroatoms. The number of carbonyl (C=O) groups excluding carboxylic acids is 1.